The standard InChI is InChI=1S/C16H12ClF4NO2/c17-13-7-11(18)5-6-12(13)15(24)22-8-14(23)9-1-3-10(4-2-9)16(19,20)21/h1-7,14,23H,8H2,(H,22,24). The SMILES string of the molecule is O=C(NCC(O)c1ccc(C(F)(F)F)cc1)c1ccc(F)cc1Cl. The van der Waals surface area contributed by atoms with Crippen molar-refractivity contribution in [1.29, 1.82) is 0 Å². The van der Waals surface area contributed by atoms with Gasteiger partial charge >= 0.3 is 6.18 Å². The highest BCUT2D eigenvalue weighted by molar-refractivity contribution is 6.33. The molecule has 2 aromatic rings. The molecular weight excluding hydrogens is 350 g/mol. The molecule has 0 aliphatic heterocycles. The molecule has 24 heavy (non-hydrogen) atoms. The molecule has 0 spiro atoms. The molecule has 1 unspecified atom stereocenters. The van der Waals surface area contributed by atoms with Gasteiger partial charge in [0.1, 0.15) is 5.82 Å². The smallest absolute Gasteiger partial charge is 0.387 e. The maximum atomic E-state index is 12.9. The Bertz CT molecular complexity index is 732. The average molecular weight is 362 g/mol. The Labute approximate surface area is 139 Å². The van der Waals surface area contributed by atoms with E-state index < -0.39 is 29.6 Å². The summed E-state index contributed by atoms with van der Waals surface area (Å²) in [6.07, 6.45) is -5.66. The van der Waals surface area contributed by atoms with E-state index in [2.05, 4.69) is 5.32 Å². The topological polar surface area (TPSA) is 49.3 Å². The molecule has 0 aliphatic rings. The van der Waals surface area contributed by atoms with Crippen molar-refractivity contribution in [3.05, 3.63) is 70.0 Å². The van der Waals surface area contributed by atoms with E-state index in [0.717, 1.165) is 36.4 Å². The minimum atomic E-state index is -4.46. The molecule has 0 saturated carbocycles. The predicted octanol–water partition coefficient (Wildman–Crippen LogP) is 3.96. The fraction of sp³-hybridized carbons (Fsp3) is 0.188. The number of aliphatic hydroxyl groups is 1. The Morgan fingerprint density at radius 1 is 1.17 bits per heavy atom. The molecule has 2 rings (SSSR count). The third-order valence-electron chi connectivity index (χ3n) is 3.25. The lowest BCUT2D eigenvalue weighted by molar-refractivity contribution is -0.137. The van der Waals surface area contributed by atoms with Crippen LogP contribution < -0.4 is 5.32 Å². The van der Waals surface area contributed by atoms with Crippen molar-refractivity contribution in [2.75, 3.05) is 6.54 Å². The molecular formula is C16H12ClF4NO2. The molecule has 0 heterocycles. The average Bonchev–Trinajstić information content (AvgIpc) is 2.51. The van der Waals surface area contributed by atoms with Crippen molar-refractivity contribution in [3.63, 3.8) is 0 Å². The maximum Gasteiger partial charge on any atom is 0.416 e. The Kier molecular flexibility index (Phi) is 5.46. The monoisotopic (exact) mass is 361 g/mol. The number of halogens is 5. The van der Waals surface area contributed by atoms with E-state index in [9.17, 15) is 27.5 Å². The summed E-state index contributed by atoms with van der Waals surface area (Å²) in [5.41, 5.74) is -0.591. The Morgan fingerprint density at radius 2 is 1.79 bits per heavy atom. The van der Waals surface area contributed by atoms with Gasteiger partial charge in [0.15, 0.2) is 0 Å². The molecule has 0 bridgehead atoms. The lowest BCUT2D eigenvalue weighted by atomic mass is 10.1. The van der Waals surface area contributed by atoms with E-state index in [1.54, 1.807) is 0 Å². The second-order valence-electron chi connectivity index (χ2n) is 4.97. The molecule has 1 atom stereocenters. The van der Waals surface area contributed by atoms with Gasteiger partial charge in [-0.05, 0) is 35.9 Å². The summed E-state index contributed by atoms with van der Waals surface area (Å²) in [4.78, 5) is 11.9. The van der Waals surface area contributed by atoms with Crippen molar-refractivity contribution < 1.29 is 27.5 Å². The van der Waals surface area contributed by atoms with Gasteiger partial charge in [0, 0.05) is 6.54 Å². The van der Waals surface area contributed by atoms with Crippen molar-refractivity contribution in [1.82, 2.24) is 5.32 Å². The number of alkyl halides is 3. The number of rotatable bonds is 4. The summed E-state index contributed by atoms with van der Waals surface area (Å²) < 4.78 is 50.3. The van der Waals surface area contributed by atoms with Gasteiger partial charge in [-0.1, -0.05) is 23.7 Å². The van der Waals surface area contributed by atoms with Crippen molar-refractivity contribution in [2.24, 2.45) is 0 Å². The minimum Gasteiger partial charge on any atom is -0.387 e. The number of nitrogens with one attached hydrogen (secondary N) is 1. The molecule has 128 valence electrons. The van der Waals surface area contributed by atoms with E-state index in [-0.39, 0.29) is 22.7 Å². The van der Waals surface area contributed by atoms with Gasteiger partial charge in [-0.3, -0.25) is 4.79 Å². The van der Waals surface area contributed by atoms with Crippen LogP contribution in [-0.2, 0) is 6.18 Å². The number of benzene rings is 2. The normalized spacial score (nSPS) is 12.8. The predicted molar refractivity (Wildman–Crippen MR) is 80.1 cm³/mol. The maximum absolute atomic E-state index is 12.9. The molecule has 0 saturated heterocycles. The molecule has 1 amide bonds. The van der Waals surface area contributed by atoms with Gasteiger partial charge in [-0.15, -0.1) is 0 Å². The third-order valence-corrected chi connectivity index (χ3v) is 3.57. The van der Waals surface area contributed by atoms with E-state index in [1.165, 1.54) is 6.07 Å². The van der Waals surface area contributed by atoms with Gasteiger partial charge in [0.25, 0.3) is 5.91 Å². The van der Waals surface area contributed by atoms with Crippen LogP contribution in [-0.4, -0.2) is 17.6 Å². The lowest BCUT2D eigenvalue weighted by Crippen LogP contribution is -2.28. The van der Waals surface area contributed by atoms with Crippen molar-refractivity contribution >= 4 is 17.5 Å². The molecule has 8 heteroatoms. The van der Waals surface area contributed by atoms with Crippen molar-refractivity contribution in [2.45, 2.75) is 12.3 Å². The summed E-state index contributed by atoms with van der Waals surface area (Å²) in [5, 5.41) is 12.2. The van der Waals surface area contributed by atoms with Gasteiger partial charge < -0.3 is 10.4 Å². The largest absolute Gasteiger partial charge is 0.416 e. The van der Waals surface area contributed by atoms with Crippen LogP contribution in [0.2, 0.25) is 5.02 Å². The van der Waals surface area contributed by atoms with Crippen LogP contribution in [0.15, 0.2) is 42.5 Å². The van der Waals surface area contributed by atoms with E-state index in [1.807, 2.05) is 0 Å². The fourth-order valence-corrected chi connectivity index (χ4v) is 2.22. The Morgan fingerprint density at radius 3 is 2.33 bits per heavy atom. The van der Waals surface area contributed by atoms with E-state index >= 15 is 0 Å². The molecule has 3 nitrogen and oxygen atoms in total. The molecule has 2 N–H and O–H groups in total. The number of hydrogen-bond donors (Lipinski definition) is 2. The van der Waals surface area contributed by atoms with Crippen LogP contribution in [0.25, 0.3) is 0 Å². The van der Waals surface area contributed by atoms with Crippen LogP contribution in [0.4, 0.5) is 17.6 Å². The van der Waals surface area contributed by atoms with E-state index in [4.69, 9.17) is 11.6 Å². The number of carbonyl (C=O) groups excluding carboxylic acids is 1. The highest BCUT2D eigenvalue weighted by Crippen LogP contribution is 2.29. The van der Waals surface area contributed by atoms with Gasteiger partial charge in [0.05, 0.1) is 22.3 Å². The highest BCUT2D eigenvalue weighted by Gasteiger charge is 2.30. The van der Waals surface area contributed by atoms with Crippen LogP contribution in [0, 0.1) is 5.82 Å². The first-order valence-electron chi connectivity index (χ1n) is 6.77. The first kappa shape index (κ1) is 18.2. The molecule has 0 fully saturated rings. The first-order chi connectivity index (χ1) is 11.2. The summed E-state index contributed by atoms with van der Waals surface area (Å²) in [7, 11) is 0. The van der Waals surface area contributed by atoms with E-state index in [0.29, 0.717) is 0 Å². The summed E-state index contributed by atoms with van der Waals surface area (Å²) in [6, 6.07) is 7.18. The number of hydrogen-bond acceptors (Lipinski definition) is 2. The Hall–Kier alpha value is -2.12. The first-order valence-corrected chi connectivity index (χ1v) is 7.15. The number of aliphatic hydroxyl groups excluding tert-OH is 1. The zero-order valence-electron chi connectivity index (χ0n) is 12.1. The van der Waals surface area contributed by atoms with Gasteiger partial charge in [-0.25, -0.2) is 4.39 Å². The lowest BCUT2D eigenvalue weighted by Gasteiger charge is -2.14. The van der Waals surface area contributed by atoms with Crippen LogP contribution in [0.5, 0.6) is 0 Å². The molecule has 0 radical (unpaired) electrons. The van der Waals surface area contributed by atoms with Crippen LogP contribution in [0.3, 0.4) is 0 Å². The van der Waals surface area contributed by atoms with Gasteiger partial charge in [-0.2, -0.15) is 13.2 Å². The summed E-state index contributed by atoms with van der Waals surface area (Å²) in [5.74, 6) is -1.23. The number of amides is 1. The molecule has 0 aromatic heterocycles. The van der Waals surface area contributed by atoms with Gasteiger partial charge in [0.2, 0.25) is 0 Å². The third kappa shape index (κ3) is 4.46. The minimum absolute atomic E-state index is 0.0256. The zero-order valence-corrected chi connectivity index (χ0v) is 12.8. The fourth-order valence-electron chi connectivity index (χ4n) is 1.97. The Balaban J connectivity index is 1.99. The molecule has 0 aliphatic carbocycles. The highest BCUT2D eigenvalue weighted by atomic mass is 35.5. The van der Waals surface area contributed by atoms with Crippen LogP contribution in [0.1, 0.15) is 27.6 Å². The zero-order chi connectivity index (χ0) is 17.9. The second-order valence-corrected chi connectivity index (χ2v) is 5.38. The summed E-state index contributed by atoms with van der Waals surface area (Å²) in [6.45, 7) is -0.238. The second kappa shape index (κ2) is 7.19. The van der Waals surface area contributed by atoms with Crippen LogP contribution >= 0.6 is 11.6 Å². The molecule has 2 aromatic carbocycles. The van der Waals surface area contributed by atoms with Crippen molar-refractivity contribution in [3.8, 4) is 0 Å². The summed E-state index contributed by atoms with van der Waals surface area (Å²) >= 11 is 5.75. The quantitative estimate of drug-likeness (QED) is 0.810. The number of carbonyl (C=O) groups is 1.